The maximum atomic E-state index is 13.2. The van der Waals surface area contributed by atoms with E-state index in [0.717, 1.165) is 42.8 Å². The summed E-state index contributed by atoms with van der Waals surface area (Å²) in [5, 5.41) is 2.84. The quantitative estimate of drug-likeness (QED) is 0.599. The first-order valence-electron chi connectivity index (χ1n) is 9.66. The van der Waals surface area contributed by atoms with Crippen molar-refractivity contribution in [3.05, 3.63) is 71.6 Å². The molecule has 0 bridgehead atoms. The minimum Gasteiger partial charge on any atom is -0.381 e. The molecule has 0 spiro atoms. The average Bonchev–Trinajstić information content (AvgIpc) is 2.68. The Balaban J connectivity index is 1.55. The Bertz CT molecular complexity index is 825. The second-order valence-corrected chi connectivity index (χ2v) is 7.85. The van der Waals surface area contributed by atoms with Gasteiger partial charge in [0.25, 0.3) is 0 Å². The second-order valence-electron chi connectivity index (χ2n) is 7.85. The predicted octanol–water partition coefficient (Wildman–Crippen LogP) is 4.23. The van der Waals surface area contributed by atoms with E-state index in [-0.39, 0.29) is 11.7 Å². The van der Waals surface area contributed by atoms with Crippen LogP contribution >= 0.6 is 0 Å². The van der Waals surface area contributed by atoms with Crippen LogP contribution in [0.3, 0.4) is 0 Å². The molecular weight excluding hydrogens is 355 g/mol. The van der Waals surface area contributed by atoms with E-state index in [0.29, 0.717) is 11.6 Å². The number of nitrogens with zero attached hydrogens (tertiary/aromatic N) is 1. The van der Waals surface area contributed by atoms with Gasteiger partial charge in [-0.1, -0.05) is 24.3 Å². The molecule has 5 heteroatoms. The zero-order chi connectivity index (χ0) is 20.0. The Hall–Kier alpha value is -2.50. The van der Waals surface area contributed by atoms with Gasteiger partial charge in [0, 0.05) is 30.2 Å². The second kappa shape index (κ2) is 9.13. The number of ether oxygens (including phenoxy) is 1. The van der Waals surface area contributed by atoms with Crippen LogP contribution in [-0.2, 0) is 16.1 Å². The standard InChI is InChI=1S/C23H27FN2O2/c1-26(2,22-12-14-28-15-13-22)17-19-6-9-21(10-7-19)25-23(27)11-8-18-4-3-5-20(24)16-18/h3-11,16,22H,12-15,17H2,1-2H3/p+1/b11-8+. The fourth-order valence-electron chi connectivity index (χ4n) is 3.64. The molecule has 0 atom stereocenters. The molecular formula is C23H28FN2O2+. The van der Waals surface area contributed by atoms with E-state index in [4.69, 9.17) is 4.74 Å². The van der Waals surface area contributed by atoms with Crippen molar-refractivity contribution in [2.45, 2.75) is 25.4 Å². The van der Waals surface area contributed by atoms with Crippen molar-refractivity contribution in [1.82, 2.24) is 0 Å². The summed E-state index contributed by atoms with van der Waals surface area (Å²) in [5.74, 6) is -0.560. The highest BCUT2D eigenvalue weighted by molar-refractivity contribution is 6.01. The number of halogens is 1. The van der Waals surface area contributed by atoms with Crippen LogP contribution in [0, 0.1) is 5.82 Å². The Morgan fingerprint density at radius 1 is 1.18 bits per heavy atom. The molecule has 2 aromatic carbocycles. The molecule has 1 aliphatic heterocycles. The molecule has 148 valence electrons. The number of hydrogen-bond donors (Lipinski definition) is 1. The lowest BCUT2D eigenvalue weighted by atomic mass is 10.0. The van der Waals surface area contributed by atoms with Crippen molar-refractivity contribution in [3.63, 3.8) is 0 Å². The Morgan fingerprint density at radius 3 is 2.57 bits per heavy atom. The molecule has 1 fully saturated rings. The Morgan fingerprint density at radius 2 is 1.89 bits per heavy atom. The number of rotatable bonds is 6. The number of amides is 1. The SMILES string of the molecule is C[N+](C)(Cc1ccc(NC(=O)/C=C/c2cccc(F)c2)cc1)C1CCOCC1. The fraction of sp³-hybridized carbons (Fsp3) is 0.348. The number of hydrogen-bond acceptors (Lipinski definition) is 2. The maximum Gasteiger partial charge on any atom is 0.248 e. The van der Waals surface area contributed by atoms with E-state index >= 15 is 0 Å². The number of carbonyl (C=O) groups is 1. The van der Waals surface area contributed by atoms with Crippen molar-refractivity contribution in [2.75, 3.05) is 32.6 Å². The molecule has 0 aliphatic carbocycles. The van der Waals surface area contributed by atoms with Crippen LogP contribution in [0.5, 0.6) is 0 Å². The van der Waals surface area contributed by atoms with Gasteiger partial charge in [-0.2, -0.15) is 0 Å². The molecule has 1 N–H and O–H groups in total. The van der Waals surface area contributed by atoms with Crippen molar-refractivity contribution >= 4 is 17.7 Å². The molecule has 1 aliphatic rings. The van der Waals surface area contributed by atoms with Crippen molar-refractivity contribution < 1.29 is 18.4 Å². The van der Waals surface area contributed by atoms with Gasteiger partial charge in [0.1, 0.15) is 12.4 Å². The minimum absolute atomic E-state index is 0.240. The van der Waals surface area contributed by atoms with Crippen LogP contribution in [-0.4, -0.2) is 43.7 Å². The summed E-state index contributed by atoms with van der Waals surface area (Å²) in [6, 6.07) is 14.7. The van der Waals surface area contributed by atoms with E-state index in [1.165, 1.54) is 23.8 Å². The predicted molar refractivity (Wildman–Crippen MR) is 110 cm³/mol. The van der Waals surface area contributed by atoms with Crippen LogP contribution in [0.25, 0.3) is 6.08 Å². The first-order chi connectivity index (χ1) is 13.4. The largest absolute Gasteiger partial charge is 0.381 e. The number of nitrogens with one attached hydrogen (secondary N) is 1. The lowest BCUT2D eigenvalue weighted by Gasteiger charge is -2.40. The third-order valence-electron chi connectivity index (χ3n) is 5.27. The van der Waals surface area contributed by atoms with Crippen LogP contribution in [0.4, 0.5) is 10.1 Å². The van der Waals surface area contributed by atoms with Crippen molar-refractivity contribution in [2.24, 2.45) is 0 Å². The van der Waals surface area contributed by atoms with E-state index in [1.54, 1.807) is 18.2 Å². The maximum absolute atomic E-state index is 13.2. The van der Waals surface area contributed by atoms with Gasteiger partial charge in [-0.05, 0) is 35.9 Å². The smallest absolute Gasteiger partial charge is 0.248 e. The minimum atomic E-state index is -0.319. The van der Waals surface area contributed by atoms with E-state index in [1.807, 2.05) is 12.1 Å². The molecule has 4 nitrogen and oxygen atoms in total. The van der Waals surface area contributed by atoms with Crippen LogP contribution in [0.2, 0.25) is 0 Å². The van der Waals surface area contributed by atoms with Gasteiger partial charge >= 0.3 is 0 Å². The van der Waals surface area contributed by atoms with E-state index in [2.05, 4.69) is 31.5 Å². The summed E-state index contributed by atoms with van der Waals surface area (Å²) in [4.78, 5) is 12.1. The molecule has 1 amide bonds. The summed E-state index contributed by atoms with van der Waals surface area (Å²) in [5.41, 5.74) is 2.64. The van der Waals surface area contributed by atoms with Gasteiger partial charge in [0.05, 0.1) is 33.4 Å². The summed E-state index contributed by atoms with van der Waals surface area (Å²) in [6.07, 6.45) is 5.20. The third kappa shape index (κ3) is 5.75. The molecule has 0 aromatic heterocycles. The number of carbonyl (C=O) groups excluding carboxylic acids is 1. The molecule has 28 heavy (non-hydrogen) atoms. The molecule has 3 rings (SSSR count). The summed E-state index contributed by atoms with van der Waals surface area (Å²) in [6.45, 7) is 2.64. The van der Waals surface area contributed by atoms with Crippen molar-refractivity contribution in [1.29, 1.82) is 0 Å². The van der Waals surface area contributed by atoms with Crippen LogP contribution in [0.1, 0.15) is 24.0 Å². The molecule has 0 saturated carbocycles. The third-order valence-corrected chi connectivity index (χ3v) is 5.27. The highest BCUT2D eigenvalue weighted by Gasteiger charge is 2.30. The lowest BCUT2D eigenvalue weighted by Crippen LogP contribution is -2.50. The summed E-state index contributed by atoms with van der Waals surface area (Å²) >= 11 is 0. The number of anilines is 1. The summed E-state index contributed by atoms with van der Waals surface area (Å²) < 4.78 is 19.6. The van der Waals surface area contributed by atoms with Gasteiger partial charge in [-0.25, -0.2) is 4.39 Å². The molecule has 0 unspecified atom stereocenters. The van der Waals surface area contributed by atoms with Crippen LogP contribution < -0.4 is 5.32 Å². The van der Waals surface area contributed by atoms with Gasteiger partial charge in [-0.15, -0.1) is 0 Å². The topological polar surface area (TPSA) is 38.3 Å². The molecule has 1 saturated heterocycles. The zero-order valence-electron chi connectivity index (χ0n) is 16.5. The monoisotopic (exact) mass is 383 g/mol. The van der Waals surface area contributed by atoms with E-state index in [9.17, 15) is 9.18 Å². The highest BCUT2D eigenvalue weighted by atomic mass is 19.1. The first-order valence-corrected chi connectivity index (χ1v) is 9.66. The first kappa shape index (κ1) is 20.2. The lowest BCUT2D eigenvalue weighted by molar-refractivity contribution is -0.929. The van der Waals surface area contributed by atoms with Gasteiger partial charge in [0.15, 0.2) is 0 Å². The van der Waals surface area contributed by atoms with Gasteiger partial charge in [0.2, 0.25) is 5.91 Å². The number of benzene rings is 2. The van der Waals surface area contributed by atoms with Crippen LogP contribution in [0.15, 0.2) is 54.6 Å². The number of quaternary nitrogens is 1. The molecule has 0 radical (unpaired) electrons. The van der Waals surface area contributed by atoms with E-state index < -0.39 is 0 Å². The Labute approximate surface area is 166 Å². The summed E-state index contributed by atoms with van der Waals surface area (Å²) in [7, 11) is 4.53. The Kier molecular flexibility index (Phi) is 6.60. The van der Waals surface area contributed by atoms with Crippen molar-refractivity contribution in [3.8, 4) is 0 Å². The zero-order valence-corrected chi connectivity index (χ0v) is 16.5. The molecule has 1 heterocycles. The fourth-order valence-corrected chi connectivity index (χ4v) is 3.64. The van der Waals surface area contributed by atoms with Gasteiger partial charge in [-0.3, -0.25) is 4.79 Å². The average molecular weight is 383 g/mol. The molecule has 2 aromatic rings. The normalized spacial score (nSPS) is 15.7. The highest BCUT2D eigenvalue weighted by Crippen LogP contribution is 2.22. The van der Waals surface area contributed by atoms with Gasteiger partial charge < -0.3 is 14.5 Å².